The molecule has 1 aliphatic rings. The maximum Gasteiger partial charge on any atom is 0.169 e. The predicted octanol–water partition coefficient (Wildman–Crippen LogP) is 3.81. The van der Waals surface area contributed by atoms with Gasteiger partial charge in [-0.05, 0) is 79.8 Å². The van der Waals surface area contributed by atoms with Crippen molar-refractivity contribution < 1.29 is 4.42 Å². The highest BCUT2D eigenvalue weighted by atomic mass is 79.9. The van der Waals surface area contributed by atoms with Gasteiger partial charge in [0.25, 0.3) is 0 Å². The van der Waals surface area contributed by atoms with Crippen molar-refractivity contribution in [2.45, 2.75) is 39.2 Å². The van der Waals surface area contributed by atoms with Crippen LogP contribution in [0, 0.1) is 5.92 Å². The molecule has 1 fully saturated rings. The lowest BCUT2D eigenvalue weighted by atomic mass is 9.98. The van der Waals surface area contributed by atoms with Crippen LogP contribution in [0.15, 0.2) is 21.2 Å². The van der Waals surface area contributed by atoms with Gasteiger partial charge in [0.2, 0.25) is 0 Å². The molecule has 1 N–H and O–H groups in total. The van der Waals surface area contributed by atoms with E-state index in [0.717, 1.165) is 29.4 Å². The van der Waals surface area contributed by atoms with E-state index in [1.165, 1.54) is 32.4 Å². The highest BCUT2D eigenvalue weighted by Gasteiger charge is 2.22. The smallest absolute Gasteiger partial charge is 0.169 e. The number of furan rings is 1. The van der Waals surface area contributed by atoms with Crippen LogP contribution >= 0.6 is 15.9 Å². The minimum Gasteiger partial charge on any atom is -0.453 e. The summed E-state index contributed by atoms with van der Waals surface area (Å²) in [6.45, 7) is 9.14. The van der Waals surface area contributed by atoms with E-state index in [1.54, 1.807) is 0 Å². The molecule has 0 saturated carbocycles. The van der Waals surface area contributed by atoms with E-state index >= 15 is 0 Å². The summed E-state index contributed by atoms with van der Waals surface area (Å²) in [6, 6.07) is 4.42. The van der Waals surface area contributed by atoms with Gasteiger partial charge in [-0.3, -0.25) is 4.90 Å². The number of hydrogen-bond acceptors (Lipinski definition) is 3. The molecule has 1 saturated heterocycles. The molecule has 108 valence electrons. The Balaban J connectivity index is 1.97. The van der Waals surface area contributed by atoms with Crippen molar-refractivity contribution >= 4 is 15.9 Å². The van der Waals surface area contributed by atoms with Crippen molar-refractivity contribution in [2.24, 2.45) is 5.92 Å². The Kier molecular flexibility index (Phi) is 5.92. The molecule has 0 aliphatic carbocycles. The number of nitrogens with one attached hydrogen (secondary N) is 1. The maximum atomic E-state index is 5.72. The molecule has 4 heteroatoms. The summed E-state index contributed by atoms with van der Waals surface area (Å²) in [4.78, 5) is 2.56. The summed E-state index contributed by atoms with van der Waals surface area (Å²) in [7, 11) is 0. The summed E-state index contributed by atoms with van der Waals surface area (Å²) < 4.78 is 6.55. The lowest BCUT2D eigenvalue weighted by molar-refractivity contribution is 0.147. The quantitative estimate of drug-likeness (QED) is 0.860. The third kappa shape index (κ3) is 4.33. The molecule has 2 unspecified atom stereocenters. The fourth-order valence-corrected chi connectivity index (χ4v) is 3.19. The van der Waals surface area contributed by atoms with E-state index in [1.807, 2.05) is 6.07 Å². The second-order valence-corrected chi connectivity index (χ2v) is 6.31. The molecule has 0 bridgehead atoms. The van der Waals surface area contributed by atoms with E-state index < -0.39 is 0 Å². The lowest BCUT2D eigenvalue weighted by Gasteiger charge is -2.33. The first-order chi connectivity index (χ1) is 9.20. The summed E-state index contributed by atoms with van der Waals surface area (Å²) in [5.74, 6) is 1.84. The van der Waals surface area contributed by atoms with Gasteiger partial charge in [0.15, 0.2) is 4.67 Å². The van der Waals surface area contributed by atoms with Crippen LogP contribution in [-0.4, -0.2) is 31.1 Å². The monoisotopic (exact) mass is 328 g/mol. The second kappa shape index (κ2) is 7.46. The SMILES string of the molecule is CCCN(CC1CCCNC1)C(C)c1ccc(Br)o1. The molecule has 0 radical (unpaired) electrons. The van der Waals surface area contributed by atoms with Crippen LogP contribution in [0.25, 0.3) is 0 Å². The van der Waals surface area contributed by atoms with Gasteiger partial charge in [-0.25, -0.2) is 0 Å². The maximum absolute atomic E-state index is 5.72. The van der Waals surface area contributed by atoms with Crippen LogP contribution in [0.4, 0.5) is 0 Å². The van der Waals surface area contributed by atoms with Crippen LogP contribution in [0.5, 0.6) is 0 Å². The Morgan fingerprint density at radius 2 is 2.37 bits per heavy atom. The van der Waals surface area contributed by atoms with E-state index in [-0.39, 0.29) is 0 Å². The van der Waals surface area contributed by atoms with Gasteiger partial charge in [-0.1, -0.05) is 6.92 Å². The first-order valence-corrected chi connectivity index (χ1v) is 8.20. The highest BCUT2D eigenvalue weighted by Crippen LogP contribution is 2.26. The topological polar surface area (TPSA) is 28.4 Å². The van der Waals surface area contributed by atoms with Crippen LogP contribution in [0.2, 0.25) is 0 Å². The van der Waals surface area contributed by atoms with Crippen molar-refractivity contribution in [3.63, 3.8) is 0 Å². The van der Waals surface area contributed by atoms with Crippen LogP contribution in [-0.2, 0) is 0 Å². The normalized spacial score (nSPS) is 21.8. The molecule has 1 aromatic heterocycles. The molecule has 2 rings (SSSR count). The van der Waals surface area contributed by atoms with Gasteiger partial charge >= 0.3 is 0 Å². The number of halogens is 1. The molecular weight excluding hydrogens is 304 g/mol. The van der Waals surface area contributed by atoms with Crippen LogP contribution in [0.3, 0.4) is 0 Å². The average molecular weight is 329 g/mol. The fraction of sp³-hybridized carbons (Fsp3) is 0.733. The number of rotatable bonds is 6. The van der Waals surface area contributed by atoms with Crippen LogP contribution in [0.1, 0.15) is 44.9 Å². The third-order valence-corrected chi connectivity index (χ3v) is 4.38. The zero-order valence-corrected chi connectivity index (χ0v) is 13.6. The largest absolute Gasteiger partial charge is 0.453 e. The number of nitrogens with zero attached hydrogens (tertiary/aromatic N) is 1. The van der Waals surface area contributed by atoms with E-state index in [2.05, 4.69) is 46.1 Å². The molecule has 0 amide bonds. The molecule has 1 aliphatic heterocycles. The van der Waals surface area contributed by atoms with Gasteiger partial charge in [-0.2, -0.15) is 0 Å². The molecule has 1 aromatic rings. The van der Waals surface area contributed by atoms with E-state index in [4.69, 9.17) is 4.42 Å². The minimum absolute atomic E-state index is 0.355. The van der Waals surface area contributed by atoms with Crippen LogP contribution < -0.4 is 5.32 Å². The Bertz CT molecular complexity index is 374. The lowest BCUT2D eigenvalue weighted by Crippen LogP contribution is -2.39. The summed E-state index contributed by atoms with van der Waals surface area (Å²) >= 11 is 3.39. The third-order valence-electron chi connectivity index (χ3n) is 3.96. The molecule has 0 aromatic carbocycles. The minimum atomic E-state index is 0.355. The Labute approximate surface area is 124 Å². The van der Waals surface area contributed by atoms with Crippen molar-refractivity contribution in [1.82, 2.24) is 10.2 Å². The van der Waals surface area contributed by atoms with Gasteiger partial charge < -0.3 is 9.73 Å². The fourth-order valence-electron chi connectivity index (χ4n) is 2.87. The molecular formula is C15H25BrN2O. The predicted molar refractivity (Wildman–Crippen MR) is 82.3 cm³/mol. The highest BCUT2D eigenvalue weighted by molar-refractivity contribution is 9.10. The Morgan fingerprint density at radius 1 is 1.53 bits per heavy atom. The zero-order chi connectivity index (χ0) is 13.7. The molecule has 3 nitrogen and oxygen atoms in total. The summed E-state index contributed by atoms with van der Waals surface area (Å²) in [5, 5.41) is 3.51. The summed E-state index contributed by atoms with van der Waals surface area (Å²) in [5.41, 5.74) is 0. The Morgan fingerprint density at radius 3 is 2.95 bits per heavy atom. The van der Waals surface area contributed by atoms with Crippen molar-refractivity contribution in [2.75, 3.05) is 26.2 Å². The van der Waals surface area contributed by atoms with Gasteiger partial charge in [-0.15, -0.1) is 0 Å². The van der Waals surface area contributed by atoms with Gasteiger partial charge in [0.05, 0.1) is 6.04 Å². The Hall–Kier alpha value is -0.320. The van der Waals surface area contributed by atoms with E-state index in [9.17, 15) is 0 Å². The molecule has 2 heterocycles. The average Bonchev–Trinajstić information content (AvgIpc) is 2.85. The van der Waals surface area contributed by atoms with Gasteiger partial charge in [0, 0.05) is 6.54 Å². The standard InChI is InChI=1S/C15H25BrN2O/c1-3-9-18(11-13-5-4-8-17-10-13)12(2)14-6-7-15(16)19-14/h6-7,12-13,17H,3-5,8-11H2,1-2H3. The number of piperidine rings is 1. The summed E-state index contributed by atoms with van der Waals surface area (Å²) in [6.07, 6.45) is 3.85. The van der Waals surface area contributed by atoms with E-state index in [0.29, 0.717) is 6.04 Å². The van der Waals surface area contributed by atoms with Crippen molar-refractivity contribution in [3.8, 4) is 0 Å². The molecule has 0 spiro atoms. The van der Waals surface area contributed by atoms with Crippen molar-refractivity contribution in [3.05, 3.63) is 22.6 Å². The zero-order valence-electron chi connectivity index (χ0n) is 12.0. The van der Waals surface area contributed by atoms with Gasteiger partial charge in [0.1, 0.15) is 5.76 Å². The van der Waals surface area contributed by atoms with Crippen molar-refractivity contribution in [1.29, 1.82) is 0 Å². The first-order valence-electron chi connectivity index (χ1n) is 7.40. The first kappa shape index (κ1) is 15.1. The molecule has 19 heavy (non-hydrogen) atoms. The second-order valence-electron chi connectivity index (χ2n) is 5.53. The molecule has 2 atom stereocenters. The number of hydrogen-bond donors (Lipinski definition) is 1.